The maximum absolute atomic E-state index is 9.87. The van der Waals surface area contributed by atoms with Crippen LogP contribution in [0.3, 0.4) is 0 Å². The number of aromatic amines is 1. The molecule has 0 saturated heterocycles. The molecule has 0 atom stereocenters. The summed E-state index contributed by atoms with van der Waals surface area (Å²) in [7, 11) is 0. The summed E-state index contributed by atoms with van der Waals surface area (Å²) in [6.07, 6.45) is 3.59. The zero-order valence-corrected chi connectivity index (χ0v) is 15.6. The Kier molecular flexibility index (Phi) is 9.57. The number of H-pyrrole nitrogens is 1. The molecule has 0 amide bonds. The largest absolute Gasteiger partial charge is 0.369 e. The SMILES string of the molecule is CCc1cnc(COCc2ccccc2)[nH]1.O=CCOCc1ccccc1. The molecule has 0 unspecified atom stereocenters. The molecular weight excluding hydrogens is 340 g/mol. The fraction of sp³-hybridized carbons (Fsp3) is 0.273. The topological polar surface area (TPSA) is 64.2 Å². The van der Waals surface area contributed by atoms with E-state index in [9.17, 15) is 4.79 Å². The third-order valence-electron chi connectivity index (χ3n) is 3.71. The van der Waals surface area contributed by atoms with Crippen LogP contribution in [0.15, 0.2) is 66.9 Å². The van der Waals surface area contributed by atoms with E-state index in [1.165, 1.54) is 5.56 Å². The molecule has 0 radical (unpaired) electrons. The third kappa shape index (κ3) is 8.44. The number of aromatic nitrogens is 2. The van der Waals surface area contributed by atoms with Crippen LogP contribution in [0, 0.1) is 0 Å². The second kappa shape index (κ2) is 12.6. The smallest absolute Gasteiger partial charge is 0.145 e. The number of imidazole rings is 1. The van der Waals surface area contributed by atoms with Crippen molar-refractivity contribution in [2.75, 3.05) is 6.61 Å². The van der Waals surface area contributed by atoms with Gasteiger partial charge in [0.05, 0.1) is 13.2 Å². The van der Waals surface area contributed by atoms with Crippen molar-refractivity contribution in [1.29, 1.82) is 0 Å². The molecular formula is C22H26N2O3. The van der Waals surface area contributed by atoms with Gasteiger partial charge in [0.2, 0.25) is 0 Å². The number of hydrogen-bond acceptors (Lipinski definition) is 4. The van der Waals surface area contributed by atoms with E-state index in [0.29, 0.717) is 19.8 Å². The summed E-state index contributed by atoms with van der Waals surface area (Å²) < 4.78 is 10.6. The summed E-state index contributed by atoms with van der Waals surface area (Å²) in [4.78, 5) is 17.3. The van der Waals surface area contributed by atoms with Crippen LogP contribution < -0.4 is 0 Å². The molecule has 3 aromatic rings. The van der Waals surface area contributed by atoms with Crippen molar-refractivity contribution in [2.45, 2.75) is 33.2 Å². The Morgan fingerprint density at radius 1 is 0.889 bits per heavy atom. The van der Waals surface area contributed by atoms with Crippen molar-refractivity contribution in [3.05, 3.63) is 89.5 Å². The molecule has 3 rings (SSSR count). The summed E-state index contributed by atoms with van der Waals surface area (Å²) in [5, 5.41) is 0. The zero-order valence-electron chi connectivity index (χ0n) is 15.6. The van der Waals surface area contributed by atoms with Gasteiger partial charge < -0.3 is 19.3 Å². The number of carbonyl (C=O) groups is 1. The molecule has 0 spiro atoms. The molecule has 27 heavy (non-hydrogen) atoms. The Morgan fingerprint density at radius 3 is 2.00 bits per heavy atom. The van der Waals surface area contributed by atoms with E-state index >= 15 is 0 Å². The molecule has 5 nitrogen and oxygen atoms in total. The molecule has 142 valence electrons. The van der Waals surface area contributed by atoms with Crippen LogP contribution in [0.5, 0.6) is 0 Å². The van der Waals surface area contributed by atoms with Gasteiger partial charge in [-0.25, -0.2) is 4.98 Å². The number of ether oxygens (including phenoxy) is 2. The second-order valence-corrected chi connectivity index (χ2v) is 5.85. The molecule has 1 N–H and O–H groups in total. The summed E-state index contributed by atoms with van der Waals surface area (Å²) >= 11 is 0. The molecule has 2 aromatic carbocycles. The lowest BCUT2D eigenvalue weighted by Gasteiger charge is -2.01. The lowest BCUT2D eigenvalue weighted by molar-refractivity contribution is -0.112. The first kappa shape index (κ1) is 20.6. The van der Waals surface area contributed by atoms with Gasteiger partial charge in [0.15, 0.2) is 0 Å². The Bertz CT molecular complexity index is 757. The van der Waals surface area contributed by atoms with E-state index in [0.717, 1.165) is 29.8 Å². The Labute approximate surface area is 160 Å². The summed E-state index contributed by atoms with van der Waals surface area (Å²) in [5.74, 6) is 0.896. The van der Waals surface area contributed by atoms with Gasteiger partial charge in [-0.2, -0.15) is 0 Å². The lowest BCUT2D eigenvalue weighted by atomic mass is 10.2. The van der Waals surface area contributed by atoms with Crippen molar-refractivity contribution < 1.29 is 14.3 Å². The maximum atomic E-state index is 9.87. The van der Waals surface area contributed by atoms with E-state index < -0.39 is 0 Å². The van der Waals surface area contributed by atoms with Crippen LogP contribution in [0.25, 0.3) is 0 Å². The molecule has 0 aliphatic rings. The molecule has 0 aliphatic heterocycles. The molecule has 0 aliphatic carbocycles. The highest BCUT2D eigenvalue weighted by molar-refractivity contribution is 5.50. The van der Waals surface area contributed by atoms with E-state index in [1.807, 2.05) is 54.7 Å². The fourth-order valence-electron chi connectivity index (χ4n) is 2.30. The predicted molar refractivity (Wildman–Crippen MR) is 105 cm³/mol. The van der Waals surface area contributed by atoms with E-state index in [-0.39, 0.29) is 6.61 Å². The summed E-state index contributed by atoms with van der Waals surface area (Å²) in [5.41, 5.74) is 3.43. The van der Waals surface area contributed by atoms with Crippen molar-refractivity contribution in [2.24, 2.45) is 0 Å². The second-order valence-electron chi connectivity index (χ2n) is 5.85. The minimum absolute atomic E-state index is 0.175. The molecule has 1 aromatic heterocycles. The molecule has 1 heterocycles. The first-order chi connectivity index (χ1) is 13.3. The van der Waals surface area contributed by atoms with Gasteiger partial charge in [-0.1, -0.05) is 67.6 Å². The van der Waals surface area contributed by atoms with Gasteiger partial charge in [-0.05, 0) is 17.5 Å². The minimum Gasteiger partial charge on any atom is -0.369 e. The van der Waals surface area contributed by atoms with E-state index in [1.54, 1.807) is 0 Å². The highest BCUT2D eigenvalue weighted by atomic mass is 16.5. The van der Waals surface area contributed by atoms with Gasteiger partial charge in [-0.15, -0.1) is 0 Å². The van der Waals surface area contributed by atoms with Gasteiger partial charge in [0.25, 0.3) is 0 Å². The number of nitrogens with zero attached hydrogens (tertiary/aromatic N) is 1. The van der Waals surface area contributed by atoms with Crippen LogP contribution >= 0.6 is 0 Å². The number of hydrogen-bond donors (Lipinski definition) is 1. The van der Waals surface area contributed by atoms with E-state index in [4.69, 9.17) is 9.47 Å². The van der Waals surface area contributed by atoms with Crippen LogP contribution in [0.2, 0.25) is 0 Å². The highest BCUT2D eigenvalue weighted by Crippen LogP contribution is 2.04. The van der Waals surface area contributed by atoms with Crippen LogP contribution in [-0.4, -0.2) is 22.9 Å². The Hall–Kier alpha value is -2.76. The number of rotatable bonds is 9. The van der Waals surface area contributed by atoms with Crippen LogP contribution in [0.1, 0.15) is 29.6 Å². The van der Waals surface area contributed by atoms with Gasteiger partial charge in [0.1, 0.15) is 25.3 Å². The molecule has 0 fully saturated rings. The number of benzene rings is 2. The standard InChI is InChI=1S/C13H16N2O.C9H10O2/c1-2-12-8-14-13(15-12)10-16-9-11-6-4-3-5-7-11;10-6-7-11-8-9-4-2-1-3-5-9/h3-8H,2,9-10H2,1H3,(H,14,15);1-6H,7-8H2. The Morgan fingerprint density at radius 2 is 1.48 bits per heavy atom. The summed E-state index contributed by atoms with van der Waals surface area (Å²) in [6.45, 7) is 3.95. The number of aldehydes is 1. The summed E-state index contributed by atoms with van der Waals surface area (Å²) in [6, 6.07) is 19.9. The number of nitrogens with one attached hydrogen (secondary N) is 1. The normalized spacial score (nSPS) is 10.1. The Balaban J connectivity index is 0.000000208. The predicted octanol–water partition coefficient (Wildman–Crippen LogP) is 4.09. The maximum Gasteiger partial charge on any atom is 0.145 e. The average molecular weight is 366 g/mol. The van der Waals surface area contributed by atoms with Crippen molar-refractivity contribution in [3.8, 4) is 0 Å². The quantitative estimate of drug-likeness (QED) is 0.458. The molecule has 0 bridgehead atoms. The number of carbonyl (C=O) groups excluding carboxylic acids is 1. The van der Waals surface area contributed by atoms with Gasteiger partial charge in [-0.3, -0.25) is 0 Å². The van der Waals surface area contributed by atoms with E-state index in [2.05, 4.69) is 29.0 Å². The van der Waals surface area contributed by atoms with Crippen LogP contribution in [0.4, 0.5) is 0 Å². The highest BCUT2D eigenvalue weighted by Gasteiger charge is 1.99. The number of aryl methyl sites for hydroxylation is 1. The monoisotopic (exact) mass is 366 g/mol. The minimum atomic E-state index is 0.175. The lowest BCUT2D eigenvalue weighted by Crippen LogP contribution is -1.96. The third-order valence-corrected chi connectivity index (χ3v) is 3.71. The fourth-order valence-corrected chi connectivity index (χ4v) is 2.30. The van der Waals surface area contributed by atoms with Crippen molar-refractivity contribution >= 4 is 6.29 Å². The zero-order chi connectivity index (χ0) is 19.2. The van der Waals surface area contributed by atoms with Gasteiger partial charge in [0, 0.05) is 11.9 Å². The first-order valence-electron chi connectivity index (χ1n) is 9.01. The van der Waals surface area contributed by atoms with Crippen molar-refractivity contribution in [3.63, 3.8) is 0 Å². The van der Waals surface area contributed by atoms with Crippen LogP contribution in [-0.2, 0) is 40.5 Å². The van der Waals surface area contributed by atoms with Crippen molar-refractivity contribution in [1.82, 2.24) is 9.97 Å². The van der Waals surface area contributed by atoms with Gasteiger partial charge >= 0.3 is 0 Å². The molecule has 0 saturated carbocycles. The average Bonchev–Trinajstić information content (AvgIpc) is 3.18. The first-order valence-corrected chi connectivity index (χ1v) is 9.01. The molecule has 5 heteroatoms.